The molecule has 2 heterocycles. The maximum atomic E-state index is 5.91. The lowest BCUT2D eigenvalue weighted by atomic mass is 10.2. The Morgan fingerprint density at radius 2 is 2.00 bits per heavy atom. The highest BCUT2D eigenvalue weighted by Crippen LogP contribution is 2.14. The van der Waals surface area contributed by atoms with E-state index < -0.39 is 0 Å². The number of aliphatic imine (C=N–C) groups is 1. The van der Waals surface area contributed by atoms with Crippen LogP contribution in [-0.4, -0.2) is 20.7 Å². The second-order valence-electron chi connectivity index (χ2n) is 5.19. The predicted octanol–water partition coefficient (Wildman–Crippen LogP) is 2.55. The van der Waals surface area contributed by atoms with Crippen molar-refractivity contribution >= 4 is 35.6 Å². The van der Waals surface area contributed by atoms with Crippen LogP contribution in [0, 0.1) is 0 Å². The zero-order valence-electron chi connectivity index (χ0n) is 12.4. The topological polar surface area (TPSA) is 81.1 Å². The van der Waals surface area contributed by atoms with E-state index in [0.29, 0.717) is 12.5 Å². The Kier molecular flexibility index (Phi) is 6.17. The van der Waals surface area contributed by atoms with Crippen LogP contribution >= 0.6 is 24.0 Å². The standard InChI is InChI=1S/C15H20N6.HI/c16-15(18-12-7-3-1-4-8-12)17-11-14-20-19-13-9-5-2-6-10-21(13)14;/h1,3-4,7-8H,2,5-6,9-11H2,(H3,16,17,18);1H. The third-order valence-electron chi connectivity index (χ3n) is 3.62. The van der Waals surface area contributed by atoms with Gasteiger partial charge >= 0.3 is 0 Å². The number of halogens is 1. The van der Waals surface area contributed by atoms with Crippen molar-refractivity contribution in [2.24, 2.45) is 10.7 Å². The highest BCUT2D eigenvalue weighted by molar-refractivity contribution is 14.0. The molecule has 3 rings (SSSR count). The molecular formula is C15H21IN6. The maximum absolute atomic E-state index is 5.91. The second kappa shape index (κ2) is 8.11. The molecule has 0 amide bonds. The van der Waals surface area contributed by atoms with E-state index in [0.717, 1.165) is 30.3 Å². The SMILES string of the molecule is I.NC(=NCc1nnc2n1CCCCC2)Nc1ccccc1. The molecule has 0 bridgehead atoms. The van der Waals surface area contributed by atoms with Crippen molar-refractivity contribution in [2.75, 3.05) is 5.32 Å². The van der Waals surface area contributed by atoms with Gasteiger partial charge in [0.2, 0.25) is 0 Å². The van der Waals surface area contributed by atoms with Crippen molar-refractivity contribution < 1.29 is 0 Å². The largest absolute Gasteiger partial charge is 0.370 e. The van der Waals surface area contributed by atoms with Crippen molar-refractivity contribution in [3.8, 4) is 0 Å². The number of aromatic nitrogens is 3. The van der Waals surface area contributed by atoms with Crippen LogP contribution in [0.4, 0.5) is 5.69 Å². The smallest absolute Gasteiger partial charge is 0.193 e. The van der Waals surface area contributed by atoms with Gasteiger partial charge in [-0.25, -0.2) is 4.99 Å². The first-order valence-corrected chi connectivity index (χ1v) is 7.36. The van der Waals surface area contributed by atoms with Crippen molar-refractivity contribution in [3.63, 3.8) is 0 Å². The first-order valence-electron chi connectivity index (χ1n) is 7.36. The molecule has 0 fully saturated rings. The molecule has 0 unspecified atom stereocenters. The summed E-state index contributed by atoms with van der Waals surface area (Å²) in [6, 6.07) is 9.77. The zero-order valence-corrected chi connectivity index (χ0v) is 14.7. The van der Waals surface area contributed by atoms with Crippen molar-refractivity contribution in [2.45, 2.75) is 38.8 Å². The van der Waals surface area contributed by atoms with Gasteiger partial charge in [-0.15, -0.1) is 34.2 Å². The number of hydrogen-bond acceptors (Lipinski definition) is 3. The Balaban J connectivity index is 0.00000176. The maximum Gasteiger partial charge on any atom is 0.193 e. The third kappa shape index (κ3) is 4.19. The van der Waals surface area contributed by atoms with Crippen LogP contribution in [0.3, 0.4) is 0 Å². The number of para-hydroxylation sites is 1. The first kappa shape index (κ1) is 16.7. The molecule has 6 nitrogen and oxygen atoms in total. The minimum atomic E-state index is 0. The number of hydrogen-bond donors (Lipinski definition) is 2. The van der Waals surface area contributed by atoms with Gasteiger partial charge in [-0.3, -0.25) is 0 Å². The molecule has 3 N–H and O–H groups in total. The monoisotopic (exact) mass is 412 g/mol. The zero-order chi connectivity index (χ0) is 14.5. The number of aryl methyl sites for hydroxylation is 1. The summed E-state index contributed by atoms with van der Waals surface area (Å²) in [5.41, 5.74) is 6.84. The average Bonchev–Trinajstić information content (AvgIpc) is 2.73. The summed E-state index contributed by atoms with van der Waals surface area (Å²) in [6.45, 7) is 1.44. The van der Waals surface area contributed by atoms with E-state index in [1.54, 1.807) is 0 Å². The molecule has 118 valence electrons. The summed E-state index contributed by atoms with van der Waals surface area (Å²) < 4.78 is 2.19. The Hall–Kier alpha value is -1.64. The molecule has 0 aliphatic carbocycles. The van der Waals surface area contributed by atoms with Crippen LogP contribution in [0.1, 0.15) is 30.9 Å². The minimum Gasteiger partial charge on any atom is -0.370 e. The van der Waals surface area contributed by atoms with Crippen LogP contribution < -0.4 is 11.1 Å². The van der Waals surface area contributed by atoms with E-state index in [1.807, 2.05) is 30.3 Å². The van der Waals surface area contributed by atoms with Crippen LogP contribution in [-0.2, 0) is 19.5 Å². The summed E-state index contributed by atoms with van der Waals surface area (Å²) in [5.74, 6) is 2.36. The molecule has 1 aliphatic rings. The number of benzene rings is 1. The van der Waals surface area contributed by atoms with Gasteiger partial charge in [-0.1, -0.05) is 24.6 Å². The molecule has 1 aromatic heterocycles. The van der Waals surface area contributed by atoms with Gasteiger partial charge < -0.3 is 15.6 Å². The van der Waals surface area contributed by atoms with Gasteiger partial charge in [0.05, 0.1) is 0 Å². The molecule has 2 aromatic rings. The van der Waals surface area contributed by atoms with Crippen molar-refractivity contribution in [3.05, 3.63) is 42.0 Å². The van der Waals surface area contributed by atoms with Crippen molar-refractivity contribution in [1.82, 2.24) is 14.8 Å². The number of anilines is 1. The number of rotatable bonds is 3. The van der Waals surface area contributed by atoms with Gasteiger partial charge in [-0.2, -0.15) is 0 Å². The Morgan fingerprint density at radius 1 is 1.18 bits per heavy atom. The summed E-state index contributed by atoms with van der Waals surface area (Å²) in [6.07, 6.45) is 4.64. The fourth-order valence-electron chi connectivity index (χ4n) is 2.53. The molecule has 0 radical (unpaired) electrons. The molecule has 0 saturated carbocycles. The number of nitrogens with two attached hydrogens (primary N) is 1. The molecular weight excluding hydrogens is 391 g/mol. The van der Waals surface area contributed by atoms with E-state index in [2.05, 4.69) is 25.1 Å². The van der Waals surface area contributed by atoms with Gasteiger partial charge in [0, 0.05) is 18.7 Å². The third-order valence-corrected chi connectivity index (χ3v) is 3.62. The van der Waals surface area contributed by atoms with E-state index in [4.69, 9.17) is 5.73 Å². The lowest BCUT2D eigenvalue weighted by Gasteiger charge is -2.07. The van der Waals surface area contributed by atoms with Gasteiger partial charge in [0.1, 0.15) is 12.4 Å². The fraction of sp³-hybridized carbons (Fsp3) is 0.400. The molecule has 1 aromatic carbocycles. The normalized spacial score (nSPS) is 14.6. The molecule has 0 spiro atoms. The van der Waals surface area contributed by atoms with Gasteiger partial charge in [0.15, 0.2) is 11.8 Å². The predicted molar refractivity (Wildman–Crippen MR) is 98.4 cm³/mol. The molecule has 1 aliphatic heterocycles. The molecule has 22 heavy (non-hydrogen) atoms. The average molecular weight is 412 g/mol. The lowest BCUT2D eigenvalue weighted by molar-refractivity contribution is 0.606. The number of fused-ring (bicyclic) bond motifs is 1. The molecule has 7 heteroatoms. The lowest BCUT2D eigenvalue weighted by Crippen LogP contribution is -2.22. The summed E-state index contributed by atoms with van der Waals surface area (Å²) in [4.78, 5) is 4.36. The molecule has 0 saturated heterocycles. The minimum absolute atomic E-state index is 0. The van der Waals surface area contributed by atoms with Crippen LogP contribution in [0.15, 0.2) is 35.3 Å². The Bertz CT molecular complexity index is 622. The van der Waals surface area contributed by atoms with E-state index in [9.17, 15) is 0 Å². The van der Waals surface area contributed by atoms with Crippen LogP contribution in [0.25, 0.3) is 0 Å². The highest BCUT2D eigenvalue weighted by atomic mass is 127. The van der Waals surface area contributed by atoms with E-state index in [1.165, 1.54) is 19.3 Å². The second-order valence-corrected chi connectivity index (χ2v) is 5.19. The Labute approximate surface area is 147 Å². The first-order chi connectivity index (χ1) is 10.3. The quantitative estimate of drug-likeness (QED) is 0.461. The van der Waals surface area contributed by atoms with Gasteiger partial charge in [-0.05, 0) is 25.0 Å². The summed E-state index contributed by atoms with van der Waals surface area (Å²) in [7, 11) is 0. The number of nitrogens with zero attached hydrogens (tertiary/aromatic N) is 4. The van der Waals surface area contributed by atoms with Crippen LogP contribution in [0.5, 0.6) is 0 Å². The van der Waals surface area contributed by atoms with Gasteiger partial charge in [0.25, 0.3) is 0 Å². The number of guanidine groups is 1. The van der Waals surface area contributed by atoms with Crippen LogP contribution in [0.2, 0.25) is 0 Å². The Morgan fingerprint density at radius 3 is 2.82 bits per heavy atom. The summed E-state index contributed by atoms with van der Waals surface area (Å²) >= 11 is 0. The van der Waals surface area contributed by atoms with E-state index in [-0.39, 0.29) is 24.0 Å². The fourth-order valence-corrected chi connectivity index (χ4v) is 2.53. The highest BCUT2D eigenvalue weighted by Gasteiger charge is 2.14. The molecule has 0 atom stereocenters. The van der Waals surface area contributed by atoms with Crippen molar-refractivity contribution in [1.29, 1.82) is 0 Å². The summed E-state index contributed by atoms with van der Waals surface area (Å²) in [5, 5.41) is 11.6. The number of nitrogens with one attached hydrogen (secondary N) is 1. The van der Waals surface area contributed by atoms with E-state index >= 15 is 0 Å².